The van der Waals surface area contributed by atoms with Gasteiger partial charge in [-0.2, -0.15) is 11.8 Å². The number of halogens is 1. The van der Waals surface area contributed by atoms with Crippen LogP contribution in [-0.2, 0) is 6.54 Å². The van der Waals surface area contributed by atoms with Crippen LogP contribution < -0.4 is 5.32 Å². The maximum atomic E-state index is 3.46. The van der Waals surface area contributed by atoms with E-state index in [1.54, 1.807) is 0 Å². The Bertz CT molecular complexity index is 303. The molecule has 0 bridgehead atoms. The molecule has 0 amide bonds. The van der Waals surface area contributed by atoms with E-state index in [1.165, 1.54) is 11.3 Å². The standard InChI is InChI=1S/C13H20BrNS/c1-13(2,3)16-9-8-15-10-11-4-6-12(14)7-5-11/h4-7,15H,8-10H2,1-3H3. The number of thioether (sulfide) groups is 1. The van der Waals surface area contributed by atoms with Gasteiger partial charge in [0, 0.05) is 28.1 Å². The smallest absolute Gasteiger partial charge is 0.0205 e. The number of rotatable bonds is 5. The summed E-state index contributed by atoms with van der Waals surface area (Å²) in [5, 5.41) is 3.46. The van der Waals surface area contributed by atoms with Crippen molar-refractivity contribution in [3.63, 3.8) is 0 Å². The van der Waals surface area contributed by atoms with E-state index < -0.39 is 0 Å². The molecule has 1 N–H and O–H groups in total. The van der Waals surface area contributed by atoms with Gasteiger partial charge in [-0.05, 0) is 17.7 Å². The van der Waals surface area contributed by atoms with Gasteiger partial charge in [-0.1, -0.05) is 48.8 Å². The highest BCUT2D eigenvalue weighted by molar-refractivity contribution is 9.10. The summed E-state index contributed by atoms with van der Waals surface area (Å²) in [4.78, 5) is 0. The highest BCUT2D eigenvalue weighted by Crippen LogP contribution is 2.22. The van der Waals surface area contributed by atoms with Crippen LogP contribution in [0, 0.1) is 0 Å². The molecule has 3 heteroatoms. The average Bonchev–Trinajstić information content (AvgIpc) is 2.19. The Balaban J connectivity index is 2.14. The first-order chi connectivity index (χ1) is 7.47. The van der Waals surface area contributed by atoms with E-state index in [2.05, 4.69) is 66.3 Å². The normalized spacial score (nSPS) is 11.8. The van der Waals surface area contributed by atoms with Gasteiger partial charge in [0.2, 0.25) is 0 Å². The minimum atomic E-state index is 0.374. The van der Waals surface area contributed by atoms with Crippen LogP contribution in [0.25, 0.3) is 0 Å². The van der Waals surface area contributed by atoms with E-state index in [4.69, 9.17) is 0 Å². The summed E-state index contributed by atoms with van der Waals surface area (Å²) < 4.78 is 1.51. The molecule has 0 unspecified atom stereocenters. The van der Waals surface area contributed by atoms with Crippen LogP contribution in [0.2, 0.25) is 0 Å². The zero-order chi connectivity index (χ0) is 12.0. The quantitative estimate of drug-likeness (QED) is 0.823. The SMILES string of the molecule is CC(C)(C)SCCNCc1ccc(Br)cc1. The Morgan fingerprint density at radius 3 is 2.38 bits per heavy atom. The third kappa shape index (κ3) is 6.56. The molecule has 1 aromatic rings. The van der Waals surface area contributed by atoms with Gasteiger partial charge in [0.15, 0.2) is 0 Å². The second kappa shape index (κ2) is 6.67. The fraction of sp³-hybridized carbons (Fsp3) is 0.538. The van der Waals surface area contributed by atoms with Crippen molar-refractivity contribution < 1.29 is 0 Å². The second-order valence-electron chi connectivity index (χ2n) is 4.76. The Morgan fingerprint density at radius 2 is 1.81 bits per heavy atom. The minimum absolute atomic E-state index is 0.374. The molecule has 0 saturated carbocycles. The van der Waals surface area contributed by atoms with Crippen LogP contribution >= 0.6 is 27.7 Å². The fourth-order valence-corrected chi connectivity index (χ4v) is 2.39. The summed E-state index contributed by atoms with van der Waals surface area (Å²) in [5.74, 6) is 1.17. The van der Waals surface area contributed by atoms with Gasteiger partial charge in [0.05, 0.1) is 0 Å². The first kappa shape index (κ1) is 14.1. The van der Waals surface area contributed by atoms with Gasteiger partial charge in [-0.25, -0.2) is 0 Å². The van der Waals surface area contributed by atoms with Crippen molar-refractivity contribution in [2.24, 2.45) is 0 Å². The molecule has 0 radical (unpaired) electrons. The predicted octanol–water partition coefficient (Wildman–Crippen LogP) is 4.07. The lowest BCUT2D eigenvalue weighted by molar-refractivity contribution is 0.726. The number of hydrogen-bond donors (Lipinski definition) is 1. The summed E-state index contributed by atoms with van der Waals surface area (Å²) in [7, 11) is 0. The van der Waals surface area contributed by atoms with Crippen LogP contribution in [0.1, 0.15) is 26.3 Å². The van der Waals surface area contributed by atoms with E-state index in [9.17, 15) is 0 Å². The molecule has 0 fully saturated rings. The molecule has 1 rings (SSSR count). The van der Waals surface area contributed by atoms with Crippen LogP contribution in [0.3, 0.4) is 0 Å². The highest BCUT2D eigenvalue weighted by Gasteiger charge is 2.08. The largest absolute Gasteiger partial charge is 0.312 e. The Hall–Kier alpha value is 0.01000. The molecule has 0 heterocycles. The van der Waals surface area contributed by atoms with Gasteiger partial charge < -0.3 is 5.32 Å². The minimum Gasteiger partial charge on any atom is -0.312 e. The van der Waals surface area contributed by atoms with Crippen LogP contribution in [0.4, 0.5) is 0 Å². The zero-order valence-electron chi connectivity index (χ0n) is 10.2. The van der Waals surface area contributed by atoms with Crippen LogP contribution in [0.15, 0.2) is 28.7 Å². The molecule has 0 atom stereocenters. The van der Waals surface area contributed by atoms with Gasteiger partial charge in [-0.15, -0.1) is 0 Å². The first-order valence-corrected chi connectivity index (χ1v) is 7.34. The molecule has 1 aromatic carbocycles. The maximum absolute atomic E-state index is 3.46. The topological polar surface area (TPSA) is 12.0 Å². The fourth-order valence-electron chi connectivity index (χ4n) is 1.26. The molecule has 90 valence electrons. The van der Waals surface area contributed by atoms with Gasteiger partial charge in [0.25, 0.3) is 0 Å². The van der Waals surface area contributed by atoms with E-state index in [0.717, 1.165) is 17.6 Å². The monoisotopic (exact) mass is 301 g/mol. The molecular weight excluding hydrogens is 282 g/mol. The molecule has 0 aliphatic heterocycles. The third-order valence-corrected chi connectivity index (χ3v) is 3.86. The second-order valence-corrected chi connectivity index (χ2v) is 7.60. The van der Waals surface area contributed by atoms with Crippen molar-refractivity contribution in [3.05, 3.63) is 34.3 Å². The number of nitrogens with one attached hydrogen (secondary N) is 1. The average molecular weight is 302 g/mol. The summed E-state index contributed by atoms with van der Waals surface area (Å²) >= 11 is 5.44. The van der Waals surface area contributed by atoms with E-state index >= 15 is 0 Å². The van der Waals surface area contributed by atoms with Crippen molar-refractivity contribution in [3.8, 4) is 0 Å². The first-order valence-electron chi connectivity index (χ1n) is 5.56. The van der Waals surface area contributed by atoms with Crippen LogP contribution in [0.5, 0.6) is 0 Å². The molecule has 1 nitrogen and oxygen atoms in total. The summed E-state index contributed by atoms with van der Waals surface area (Å²) in [6.07, 6.45) is 0. The van der Waals surface area contributed by atoms with Crippen molar-refractivity contribution >= 4 is 27.7 Å². The Morgan fingerprint density at radius 1 is 1.19 bits per heavy atom. The zero-order valence-corrected chi connectivity index (χ0v) is 12.6. The Labute approximate surface area is 112 Å². The lowest BCUT2D eigenvalue weighted by atomic mass is 10.2. The summed E-state index contributed by atoms with van der Waals surface area (Å²) in [6, 6.07) is 8.46. The number of hydrogen-bond acceptors (Lipinski definition) is 2. The van der Waals surface area contributed by atoms with Gasteiger partial charge >= 0.3 is 0 Å². The molecule has 0 saturated heterocycles. The highest BCUT2D eigenvalue weighted by atomic mass is 79.9. The van der Waals surface area contributed by atoms with Crippen molar-refractivity contribution in [2.75, 3.05) is 12.3 Å². The number of benzene rings is 1. The predicted molar refractivity (Wildman–Crippen MR) is 78.1 cm³/mol. The summed E-state index contributed by atoms with van der Waals surface area (Å²) in [5.41, 5.74) is 1.34. The van der Waals surface area contributed by atoms with E-state index in [0.29, 0.717) is 4.75 Å². The molecule has 0 aliphatic rings. The Kier molecular flexibility index (Phi) is 5.87. The van der Waals surface area contributed by atoms with Gasteiger partial charge in [-0.3, -0.25) is 0 Å². The molecular formula is C13H20BrNS. The third-order valence-electron chi connectivity index (χ3n) is 2.06. The lowest BCUT2D eigenvalue weighted by Gasteiger charge is -2.17. The van der Waals surface area contributed by atoms with E-state index in [1.807, 2.05) is 11.8 Å². The van der Waals surface area contributed by atoms with Gasteiger partial charge in [0.1, 0.15) is 0 Å². The van der Waals surface area contributed by atoms with Crippen LogP contribution in [-0.4, -0.2) is 17.0 Å². The lowest BCUT2D eigenvalue weighted by Crippen LogP contribution is -2.19. The molecule has 0 aromatic heterocycles. The van der Waals surface area contributed by atoms with Crippen molar-refractivity contribution in [1.29, 1.82) is 0 Å². The van der Waals surface area contributed by atoms with Crippen molar-refractivity contribution in [1.82, 2.24) is 5.32 Å². The molecule has 0 spiro atoms. The maximum Gasteiger partial charge on any atom is 0.0205 e. The summed E-state index contributed by atoms with van der Waals surface area (Å²) in [6.45, 7) is 8.79. The molecule has 16 heavy (non-hydrogen) atoms. The van der Waals surface area contributed by atoms with Crippen molar-refractivity contribution in [2.45, 2.75) is 32.1 Å². The molecule has 0 aliphatic carbocycles. The van der Waals surface area contributed by atoms with E-state index in [-0.39, 0.29) is 0 Å².